The van der Waals surface area contributed by atoms with Gasteiger partial charge in [0.1, 0.15) is 0 Å². The van der Waals surface area contributed by atoms with Crippen LogP contribution in [0.25, 0.3) is 0 Å². The van der Waals surface area contributed by atoms with Crippen LogP contribution in [0.5, 0.6) is 0 Å². The zero-order valence-electron chi connectivity index (χ0n) is 13.1. The molecule has 0 aromatic heterocycles. The van der Waals surface area contributed by atoms with Crippen molar-refractivity contribution in [2.45, 2.75) is 58.5 Å². The molecule has 0 atom stereocenters. The maximum Gasteiger partial charge on any atom is 0.236 e. The molecule has 0 heterocycles. The van der Waals surface area contributed by atoms with Crippen molar-refractivity contribution in [1.29, 1.82) is 0 Å². The third kappa shape index (κ3) is 6.39. The minimum Gasteiger partial charge on any atom is -0.339 e. The molecule has 1 saturated carbocycles. The highest BCUT2D eigenvalue weighted by molar-refractivity contribution is 5.78. The molecule has 0 saturated heterocycles. The average Bonchev–Trinajstić information content (AvgIpc) is 3.18. The molecule has 1 rings (SSSR count). The monoisotopic (exact) mass is 269 g/mol. The van der Waals surface area contributed by atoms with E-state index in [1.54, 1.807) is 0 Å². The Kier molecular flexibility index (Phi) is 7.39. The molecule has 0 bridgehead atoms. The summed E-state index contributed by atoms with van der Waals surface area (Å²) >= 11 is 0. The summed E-state index contributed by atoms with van der Waals surface area (Å²) < 4.78 is 0. The first-order valence-electron chi connectivity index (χ1n) is 7.76. The molecule has 0 spiro atoms. The molecular weight excluding hydrogens is 238 g/mol. The standard InChI is InChI=1S/C15H31N3O/c1-5-18(14-8-9-14)15(19)12-16-10-6-7-11-17(4)13(2)3/h13-14,16H,5-12H2,1-4H3. The molecule has 0 radical (unpaired) electrons. The van der Waals surface area contributed by atoms with Gasteiger partial charge in [-0.3, -0.25) is 4.79 Å². The minimum atomic E-state index is 0.268. The van der Waals surface area contributed by atoms with Gasteiger partial charge in [0.25, 0.3) is 0 Å². The van der Waals surface area contributed by atoms with Crippen molar-refractivity contribution in [3.63, 3.8) is 0 Å². The van der Waals surface area contributed by atoms with E-state index in [4.69, 9.17) is 0 Å². The van der Waals surface area contributed by atoms with Crippen LogP contribution in [0, 0.1) is 0 Å². The zero-order chi connectivity index (χ0) is 14.3. The number of nitrogens with zero attached hydrogens (tertiary/aromatic N) is 2. The predicted octanol–water partition coefficient (Wildman–Crippen LogP) is 1.71. The molecule has 1 amide bonds. The molecule has 1 aliphatic carbocycles. The van der Waals surface area contributed by atoms with Crippen LogP contribution in [0.2, 0.25) is 0 Å². The Hall–Kier alpha value is -0.610. The smallest absolute Gasteiger partial charge is 0.236 e. The molecule has 0 aliphatic heterocycles. The quantitative estimate of drug-likeness (QED) is 0.613. The zero-order valence-corrected chi connectivity index (χ0v) is 13.1. The largest absolute Gasteiger partial charge is 0.339 e. The van der Waals surface area contributed by atoms with E-state index in [-0.39, 0.29) is 5.91 Å². The summed E-state index contributed by atoms with van der Waals surface area (Å²) in [6, 6.07) is 1.16. The van der Waals surface area contributed by atoms with E-state index in [9.17, 15) is 4.79 Å². The Morgan fingerprint density at radius 1 is 1.32 bits per heavy atom. The number of amides is 1. The summed E-state index contributed by atoms with van der Waals surface area (Å²) in [7, 11) is 2.16. The second-order valence-electron chi connectivity index (χ2n) is 5.87. The van der Waals surface area contributed by atoms with Gasteiger partial charge in [-0.2, -0.15) is 0 Å². The van der Waals surface area contributed by atoms with E-state index in [2.05, 4.69) is 38.0 Å². The van der Waals surface area contributed by atoms with Gasteiger partial charge < -0.3 is 15.1 Å². The number of rotatable bonds is 10. The lowest BCUT2D eigenvalue weighted by Gasteiger charge is -2.21. The Morgan fingerprint density at radius 3 is 2.53 bits per heavy atom. The van der Waals surface area contributed by atoms with Crippen molar-refractivity contribution in [2.24, 2.45) is 0 Å². The normalized spacial score (nSPS) is 15.3. The number of hydrogen-bond donors (Lipinski definition) is 1. The summed E-state index contributed by atoms with van der Waals surface area (Å²) in [4.78, 5) is 16.3. The van der Waals surface area contributed by atoms with Crippen LogP contribution in [0.15, 0.2) is 0 Å². The number of carbonyl (C=O) groups excluding carboxylic acids is 1. The number of hydrogen-bond acceptors (Lipinski definition) is 3. The van der Waals surface area contributed by atoms with Crippen molar-refractivity contribution in [2.75, 3.05) is 33.2 Å². The molecule has 19 heavy (non-hydrogen) atoms. The Bertz CT molecular complexity index is 264. The first-order chi connectivity index (χ1) is 9.06. The van der Waals surface area contributed by atoms with Gasteiger partial charge in [-0.1, -0.05) is 0 Å². The van der Waals surface area contributed by atoms with Crippen LogP contribution in [0.4, 0.5) is 0 Å². The number of carbonyl (C=O) groups is 1. The number of unbranched alkanes of at least 4 members (excludes halogenated alkanes) is 1. The molecule has 1 fully saturated rings. The molecular formula is C15H31N3O. The van der Waals surface area contributed by atoms with Gasteiger partial charge in [-0.25, -0.2) is 0 Å². The van der Waals surface area contributed by atoms with Crippen molar-refractivity contribution in [3.8, 4) is 0 Å². The first kappa shape index (κ1) is 16.4. The summed E-state index contributed by atoms with van der Waals surface area (Å²) in [6.45, 7) is 9.94. The lowest BCUT2D eigenvalue weighted by molar-refractivity contribution is -0.130. The average molecular weight is 269 g/mol. The van der Waals surface area contributed by atoms with E-state index in [0.29, 0.717) is 18.6 Å². The Morgan fingerprint density at radius 2 is 2.00 bits per heavy atom. The maximum atomic E-state index is 11.9. The molecule has 4 heteroatoms. The predicted molar refractivity (Wildman–Crippen MR) is 80.3 cm³/mol. The topological polar surface area (TPSA) is 35.6 Å². The van der Waals surface area contributed by atoms with Gasteiger partial charge >= 0.3 is 0 Å². The van der Waals surface area contributed by atoms with Gasteiger partial charge in [0.05, 0.1) is 6.54 Å². The maximum absolute atomic E-state index is 11.9. The highest BCUT2D eigenvalue weighted by atomic mass is 16.2. The number of likely N-dealkylation sites (N-methyl/N-ethyl adjacent to an activating group) is 1. The first-order valence-corrected chi connectivity index (χ1v) is 7.76. The summed E-state index contributed by atoms with van der Waals surface area (Å²) in [5.41, 5.74) is 0. The van der Waals surface area contributed by atoms with Crippen LogP contribution in [0.3, 0.4) is 0 Å². The van der Waals surface area contributed by atoms with Gasteiger partial charge in [0.15, 0.2) is 0 Å². The SMILES string of the molecule is CCN(C(=O)CNCCCCN(C)C(C)C)C1CC1. The molecule has 4 nitrogen and oxygen atoms in total. The van der Waals surface area contributed by atoms with Gasteiger partial charge in [-0.05, 0) is 66.6 Å². The summed E-state index contributed by atoms with van der Waals surface area (Å²) in [6.07, 6.45) is 4.72. The molecule has 0 unspecified atom stereocenters. The fraction of sp³-hybridized carbons (Fsp3) is 0.933. The highest BCUT2D eigenvalue weighted by Gasteiger charge is 2.30. The van der Waals surface area contributed by atoms with E-state index in [1.165, 1.54) is 19.3 Å². The van der Waals surface area contributed by atoms with Gasteiger partial charge in [0, 0.05) is 18.6 Å². The lowest BCUT2D eigenvalue weighted by Crippen LogP contribution is -2.39. The van der Waals surface area contributed by atoms with Crippen molar-refractivity contribution in [3.05, 3.63) is 0 Å². The second kappa shape index (κ2) is 8.54. The highest BCUT2D eigenvalue weighted by Crippen LogP contribution is 2.26. The van der Waals surface area contributed by atoms with Gasteiger partial charge in [-0.15, -0.1) is 0 Å². The van der Waals surface area contributed by atoms with E-state index < -0.39 is 0 Å². The second-order valence-corrected chi connectivity index (χ2v) is 5.87. The molecule has 0 aromatic rings. The van der Waals surface area contributed by atoms with E-state index in [1.807, 2.05) is 4.90 Å². The minimum absolute atomic E-state index is 0.268. The van der Waals surface area contributed by atoms with Crippen LogP contribution >= 0.6 is 0 Å². The molecule has 0 aromatic carbocycles. The van der Waals surface area contributed by atoms with Crippen molar-refractivity contribution >= 4 is 5.91 Å². The molecule has 1 aliphatic rings. The van der Waals surface area contributed by atoms with E-state index in [0.717, 1.165) is 26.1 Å². The number of nitrogens with one attached hydrogen (secondary N) is 1. The van der Waals surface area contributed by atoms with Crippen LogP contribution in [-0.2, 0) is 4.79 Å². The fourth-order valence-corrected chi connectivity index (χ4v) is 2.19. The van der Waals surface area contributed by atoms with Crippen LogP contribution < -0.4 is 5.32 Å². The van der Waals surface area contributed by atoms with Crippen LogP contribution in [-0.4, -0.2) is 61.0 Å². The van der Waals surface area contributed by atoms with E-state index >= 15 is 0 Å². The van der Waals surface area contributed by atoms with Crippen molar-refractivity contribution < 1.29 is 4.79 Å². The Balaban J connectivity index is 1.99. The van der Waals surface area contributed by atoms with Crippen molar-refractivity contribution in [1.82, 2.24) is 15.1 Å². The summed E-state index contributed by atoms with van der Waals surface area (Å²) in [5.74, 6) is 0.268. The summed E-state index contributed by atoms with van der Waals surface area (Å²) in [5, 5.41) is 3.28. The fourth-order valence-electron chi connectivity index (χ4n) is 2.19. The van der Waals surface area contributed by atoms with Gasteiger partial charge in [0.2, 0.25) is 5.91 Å². The third-order valence-corrected chi connectivity index (χ3v) is 3.92. The molecule has 112 valence electrons. The molecule has 1 N–H and O–H groups in total. The van der Waals surface area contributed by atoms with Crippen LogP contribution in [0.1, 0.15) is 46.5 Å². The lowest BCUT2D eigenvalue weighted by atomic mass is 10.2. The third-order valence-electron chi connectivity index (χ3n) is 3.92. The Labute approximate surface area is 118 Å².